The van der Waals surface area contributed by atoms with Crippen molar-refractivity contribution in [3.8, 4) is 0 Å². The first kappa shape index (κ1) is 11.3. The van der Waals surface area contributed by atoms with Crippen molar-refractivity contribution in [2.45, 2.75) is 6.42 Å². The molecule has 0 saturated heterocycles. The third kappa shape index (κ3) is 2.16. The molecule has 0 fully saturated rings. The van der Waals surface area contributed by atoms with Crippen LogP contribution >= 0.6 is 0 Å². The maximum absolute atomic E-state index is 11.4. The highest BCUT2D eigenvalue weighted by molar-refractivity contribution is 6.22. The van der Waals surface area contributed by atoms with Gasteiger partial charge in [-0.25, -0.2) is 0 Å². The van der Waals surface area contributed by atoms with Crippen LogP contribution in [0.3, 0.4) is 0 Å². The Labute approximate surface area is 97.2 Å². The van der Waals surface area contributed by atoms with Crippen molar-refractivity contribution >= 4 is 23.4 Å². The third-order valence-electron chi connectivity index (χ3n) is 2.39. The minimum atomic E-state index is -0.445. The molecule has 1 aromatic carbocycles. The van der Waals surface area contributed by atoms with Crippen LogP contribution in [0.1, 0.15) is 27.1 Å². The Morgan fingerprint density at radius 1 is 1.24 bits per heavy atom. The Hall–Kier alpha value is -2.21. The van der Waals surface area contributed by atoms with Gasteiger partial charge in [-0.15, -0.1) is 0 Å². The summed E-state index contributed by atoms with van der Waals surface area (Å²) in [6, 6.07) is 4.56. The number of benzene rings is 1. The molecule has 6 heteroatoms. The molecule has 0 unspecified atom stereocenters. The molecule has 3 amide bonds. The number of anilines is 1. The van der Waals surface area contributed by atoms with Crippen LogP contribution in [0.15, 0.2) is 18.2 Å². The molecular formula is C11H11N3O3. The van der Waals surface area contributed by atoms with E-state index in [2.05, 4.69) is 10.6 Å². The lowest BCUT2D eigenvalue weighted by molar-refractivity contribution is -0.116. The number of imide groups is 1. The van der Waals surface area contributed by atoms with E-state index in [0.29, 0.717) is 11.3 Å². The molecule has 6 nitrogen and oxygen atoms in total. The molecule has 0 radical (unpaired) electrons. The fourth-order valence-corrected chi connectivity index (χ4v) is 1.60. The van der Waals surface area contributed by atoms with Gasteiger partial charge in [-0.1, -0.05) is 0 Å². The Balaban J connectivity index is 2.23. The Morgan fingerprint density at radius 2 is 1.94 bits per heavy atom. The highest BCUT2D eigenvalue weighted by atomic mass is 16.2. The lowest BCUT2D eigenvalue weighted by Crippen LogP contribution is -2.19. The predicted molar refractivity (Wildman–Crippen MR) is 60.5 cm³/mol. The molecule has 2 rings (SSSR count). The monoisotopic (exact) mass is 233 g/mol. The van der Waals surface area contributed by atoms with Crippen molar-refractivity contribution in [2.75, 3.05) is 11.9 Å². The second-order valence-electron chi connectivity index (χ2n) is 3.63. The molecule has 0 aliphatic carbocycles. The van der Waals surface area contributed by atoms with E-state index in [1.165, 1.54) is 12.1 Å². The van der Waals surface area contributed by atoms with Crippen LogP contribution in [0.2, 0.25) is 0 Å². The maximum Gasteiger partial charge on any atom is 0.259 e. The van der Waals surface area contributed by atoms with E-state index in [1.807, 2.05) is 0 Å². The summed E-state index contributed by atoms with van der Waals surface area (Å²) in [5.41, 5.74) is 6.33. The number of nitrogens with two attached hydrogens (primary N) is 1. The van der Waals surface area contributed by atoms with Crippen LogP contribution in [0.5, 0.6) is 0 Å². The van der Waals surface area contributed by atoms with E-state index in [4.69, 9.17) is 5.73 Å². The van der Waals surface area contributed by atoms with Gasteiger partial charge in [0.25, 0.3) is 11.8 Å². The zero-order valence-electron chi connectivity index (χ0n) is 8.95. The summed E-state index contributed by atoms with van der Waals surface area (Å²) in [5, 5.41) is 4.78. The molecule has 0 bridgehead atoms. The number of hydrogen-bond donors (Lipinski definition) is 3. The van der Waals surface area contributed by atoms with Gasteiger partial charge < -0.3 is 11.1 Å². The lowest BCUT2D eigenvalue weighted by Gasteiger charge is -2.04. The molecule has 0 atom stereocenters. The van der Waals surface area contributed by atoms with Crippen LogP contribution in [0.4, 0.5) is 5.69 Å². The van der Waals surface area contributed by atoms with Gasteiger partial charge in [0.05, 0.1) is 11.1 Å². The maximum atomic E-state index is 11.4. The number of fused-ring (bicyclic) bond motifs is 1. The van der Waals surface area contributed by atoms with Gasteiger partial charge in [0.2, 0.25) is 5.91 Å². The molecule has 4 N–H and O–H groups in total. The minimum Gasteiger partial charge on any atom is -0.330 e. The molecule has 88 valence electrons. The van der Waals surface area contributed by atoms with E-state index in [0.717, 1.165) is 0 Å². The number of amides is 3. The number of rotatable bonds is 3. The van der Waals surface area contributed by atoms with E-state index < -0.39 is 11.8 Å². The zero-order valence-corrected chi connectivity index (χ0v) is 8.95. The Kier molecular flexibility index (Phi) is 2.88. The highest BCUT2D eigenvalue weighted by Gasteiger charge is 2.26. The molecule has 0 aromatic heterocycles. The molecule has 1 heterocycles. The van der Waals surface area contributed by atoms with Gasteiger partial charge in [-0.2, -0.15) is 0 Å². The van der Waals surface area contributed by atoms with Gasteiger partial charge in [-0.05, 0) is 18.2 Å². The molecule has 1 aliphatic rings. The molecule has 1 aromatic rings. The normalized spacial score (nSPS) is 13.2. The van der Waals surface area contributed by atoms with Gasteiger partial charge in [0.1, 0.15) is 0 Å². The number of hydrogen-bond acceptors (Lipinski definition) is 4. The van der Waals surface area contributed by atoms with Crippen LogP contribution in [-0.4, -0.2) is 24.3 Å². The van der Waals surface area contributed by atoms with Crippen molar-refractivity contribution in [1.29, 1.82) is 0 Å². The first-order chi connectivity index (χ1) is 8.11. The fourth-order valence-electron chi connectivity index (χ4n) is 1.60. The van der Waals surface area contributed by atoms with Crippen molar-refractivity contribution in [1.82, 2.24) is 5.32 Å². The summed E-state index contributed by atoms with van der Waals surface area (Å²) < 4.78 is 0. The summed E-state index contributed by atoms with van der Waals surface area (Å²) in [5.74, 6) is -1.08. The average molecular weight is 233 g/mol. The van der Waals surface area contributed by atoms with Gasteiger partial charge in [0, 0.05) is 18.7 Å². The summed E-state index contributed by atoms with van der Waals surface area (Å²) in [7, 11) is 0. The summed E-state index contributed by atoms with van der Waals surface area (Å²) in [4.78, 5) is 34.0. The van der Waals surface area contributed by atoms with Gasteiger partial charge in [-0.3, -0.25) is 19.7 Å². The highest BCUT2D eigenvalue weighted by Crippen LogP contribution is 2.20. The largest absolute Gasteiger partial charge is 0.330 e. The summed E-state index contributed by atoms with van der Waals surface area (Å²) in [6.07, 6.45) is 0.211. The average Bonchev–Trinajstić information content (AvgIpc) is 2.55. The number of carbonyl (C=O) groups is 3. The number of carbonyl (C=O) groups excluding carboxylic acids is 3. The van der Waals surface area contributed by atoms with Crippen molar-refractivity contribution in [2.24, 2.45) is 5.73 Å². The van der Waals surface area contributed by atoms with E-state index >= 15 is 0 Å². The molecule has 0 spiro atoms. The van der Waals surface area contributed by atoms with E-state index in [-0.39, 0.29) is 24.4 Å². The van der Waals surface area contributed by atoms with Crippen LogP contribution in [0, 0.1) is 0 Å². The minimum absolute atomic E-state index is 0.211. The second-order valence-corrected chi connectivity index (χ2v) is 3.63. The van der Waals surface area contributed by atoms with Crippen LogP contribution < -0.4 is 16.4 Å². The topological polar surface area (TPSA) is 101 Å². The van der Waals surface area contributed by atoms with Gasteiger partial charge in [0.15, 0.2) is 0 Å². The van der Waals surface area contributed by atoms with Crippen LogP contribution in [-0.2, 0) is 4.79 Å². The molecule has 17 heavy (non-hydrogen) atoms. The fraction of sp³-hybridized carbons (Fsp3) is 0.182. The van der Waals surface area contributed by atoms with Crippen LogP contribution in [0.25, 0.3) is 0 Å². The quantitative estimate of drug-likeness (QED) is 0.632. The van der Waals surface area contributed by atoms with Crippen molar-refractivity contribution < 1.29 is 14.4 Å². The van der Waals surface area contributed by atoms with Crippen molar-refractivity contribution in [3.05, 3.63) is 29.3 Å². The predicted octanol–water partition coefficient (Wildman–Crippen LogP) is -0.143. The Morgan fingerprint density at radius 3 is 2.65 bits per heavy atom. The molecule has 1 aliphatic heterocycles. The van der Waals surface area contributed by atoms with E-state index in [1.54, 1.807) is 6.07 Å². The summed E-state index contributed by atoms with van der Waals surface area (Å²) >= 11 is 0. The second kappa shape index (κ2) is 4.34. The molecule has 0 saturated carbocycles. The SMILES string of the molecule is NCCC(=O)Nc1ccc2c(c1)C(=O)NC2=O. The van der Waals surface area contributed by atoms with Crippen molar-refractivity contribution in [3.63, 3.8) is 0 Å². The first-order valence-electron chi connectivity index (χ1n) is 5.11. The standard InChI is InChI=1S/C11H11N3O3/c12-4-3-9(15)13-6-1-2-7-8(5-6)11(17)14-10(7)16/h1-2,5H,3-4,12H2,(H,13,15)(H,14,16,17). The smallest absolute Gasteiger partial charge is 0.259 e. The lowest BCUT2D eigenvalue weighted by atomic mass is 10.1. The Bertz CT molecular complexity index is 511. The molecular weight excluding hydrogens is 222 g/mol. The summed E-state index contributed by atoms with van der Waals surface area (Å²) in [6.45, 7) is 0.260. The van der Waals surface area contributed by atoms with E-state index in [9.17, 15) is 14.4 Å². The first-order valence-corrected chi connectivity index (χ1v) is 5.11. The number of nitrogens with one attached hydrogen (secondary N) is 2. The third-order valence-corrected chi connectivity index (χ3v) is 2.39. The zero-order chi connectivity index (χ0) is 12.4. The van der Waals surface area contributed by atoms with Gasteiger partial charge >= 0.3 is 0 Å².